The molecule has 140 valence electrons. The van der Waals surface area contributed by atoms with E-state index in [1.807, 2.05) is 42.5 Å². The maximum Gasteiger partial charge on any atom is 0.223 e. The first-order valence-electron chi connectivity index (χ1n) is 8.48. The molecule has 0 bridgehead atoms. The fraction of sp³-hybridized carbons (Fsp3) is 0.368. The molecule has 0 aliphatic heterocycles. The molecule has 0 saturated heterocycles. The molecule has 2 rings (SSSR count). The van der Waals surface area contributed by atoms with E-state index in [0.29, 0.717) is 6.54 Å². The Balaban J connectivity index is 1.87. The van der Waals surface area contributed by atoms with Crippen molar-refractivity contribution < 1.29 is 13.2 Å². The largest absolute Gasteiger partial charge is 0.345 e. The summed E-state index contributed by atoms with van der Waals surface area (Å²) in [5.74, 6) is -0.0687. The van der Waals surface area contributed by atoms with Gasteiger partial charge in [-0.15, -0.1) is 0 Å². The molecule has 1 aromatic heterocycles. The Morgan fingerprint density at radius 2 is 1.65 bits per heavy atom. The molecule has 0 fully saturated rings. The summed E-state index contributed by atoms with van der Waals surface area (Å²) in [5, 5.41) is 0. The van der Waals surface area contributed by atoms with E-state index in [1.54, 1.807) is 24.3 Å². The van der Waals surface area contributed by atoms with Crippen molar-refractivity contribution in [1.82, 2.24) is 14.2 Å². The molecule has 0 aliphatic carbocycles. The van der Waals surface area contributed by atoms with E-state index in [2.05, 4.69) is 4.98 Å². The Labute approximate surface area is 155 Å². The van der Waals surface area contributed by atoms with E-state index in [4.69, 9.17) is 0 Å². The van der Waals surface area contributed by atoms with Crippen LogP contribution in [0, 0.1) is 0 Å². The topological polar surface area (TPSA) is 70.6 Å². The van der Waals surface area contributed by atoms with Gasteiger partial charge in [0.15, 0.2) is 0 Å². The van der Waals surface area contributed by atoms with Crippen LogP contribution in [0.25, 0.3) is 0 Å². The molecule has 0 saturated carbocycles. The lowest BCUT2D eigenvalue weighted by atomic mass is 10.2. The number of rotatable bonds is 9. The molecule has 7 heteroatoms. The molecule has 6 nitrogen and oxygen atoms in total. The average molecular weight is 375 g/mol. The van der Waals surface area contributed by atoms with E-state index < -0.39 is 10.0 Å². The zero-order valence-corrected chi connectivity index (χ0v) is 16.0. The summed E-state index contributed by atoms with van der Waals surface area (Å²) < 4.78 is 25.4. The van der Waals surface area contributed by atoms with Gasteiger partial charge in [0.1, 0.15) is 0 Å². The van der Waals surface area contributed by atoms with Crippen molar-refractivity contribution in [1.29, 1.82) is 0 Å². The number of benzene rings is 1. The second-order valence-electron chi connectivity index (χ2n) is 6.25. The summed E-state index contributed by atoms with van der Waals surface area (Å²) in [6, 6.07) is 13.2. The third-order valence-electron chi connectivity index (χ3n) is 4.16. The number of aromatic nitrogens is 1. The van der Waals surface area contributed by atoms with Gasteiger partial charge in [-0.3, -0.25) is 9.78 Å². The van der Waals surface area contributed by atoms with Crippen LogP contribution >= 0.6 is 0 Å². The fourth-order valence-electron chi connectivity index (χ4n) is 2.53. The number of likely N-dealkylation sites (N-methyl/N-ethyl adjacent to an activating group) is 1. The van der Waals surface area contributed by atoms with Crippen LogP contribution in [-0.2, 0) is 27.8 Å². The van der Waals surface area contributed by atoms with Crippen molar-refractivity contribution >= 4 is 15.9 Å². The van der Waals surface area contributed by atoms with Gasteiger partial charge in [0.05, 0.1) is 6.26 Å². The minimum absolute atomic E-state index is 0.0687. The molecular formula is C19H25N3O3S. The molecule has 0 aliphatic rings. The van der Waals surface area contributed by atoms with Crippen LogP contribution in [-0.4, -0.2) is 54.9 Å². The standard InChI is InChI=1S/C19H25N3O3S/c1-21(14-10-17-8-12-20-13-9-17)19(23)11-15-22(26(2,24)25)16-18-6-4-3-5-7-18/h3-9,12-13H,10-11,14-16H2,1-2H3. The summed E-state index contributed by atoms with van der Waals surface area (Å²) in [6.45, 7) is 1.03. The van der Waals surface area contributed by atoms with Crippen LogP contribution in [0.1, 0.15) is 17.5 Å². The second-order valence-corrected chi connectivity index (χ2v) is 8.24. The number of hydrogen-bond acceptors (Lipinski definition) is 4. The minimum atomic E-state index is -3.38. The third-order valence-corrected chi connectivity index (χ3v) is 5.41. The van der Waals surface area contributed by atoms with Crippen molar-refractivity contribution in [2.45, 2.75) is 19.4 Å². The highest BCUT2D eigenvalue weighted by Gasteiger charge is 2.19. The smallest absolute Gasteiger partial charge is 0.223 e. The maximum absolute atomic E-state index is 12.3. The number of amides is 1. The van der Waals surface area contributed by atoms with E-state index in [9.17, 15) is 13.2 Å². The summed E-state index contributed by atoms with van der Waals surface area (Å²) in [7, 11) is -1.64. The van der Waals surface area contributed by atoms with Gasteiger partial charge in [0.25, 0.3) is 0 Å². The quantitative estimate of drug-likeness (QED) is 0.671. The van der Waals surface area contributed by atoms with Gasteiger partial charge >= 0.3 is 0 Å². The monoisotopic (exact) mass is 375 g/mol. The number of pyridine rings is 1. The van der Waals surface area contributed by atoms with Crippen molar-refractivity contribution in [3.8, 4) is 0 Å². The Morgan fingerprint density at radius 3 is 2.27 bits per heavy atom. The minimum Gasteiger partial charge on any atom is -0.345 e. The van der Waals surface area contributed by atoms with Gasteiger partial charge in [-0.2, -0.15) is 4.31 Å². The summed E-state index contributed by atoms with van der Waals surface area (Å²) >= 11 is 0. The van der Waals surface area contributed by atoms with Crippen molar-refractivity contribution in [2.75, 3.05) is 26.4 Å². The normalized spacial score (nSPS) is 11.5. The van der Waals surface area contributed by atoms with Gasteiger partial charge in [-0.05, 0) is 29.7 Å². The number of sulfonamides is 1. The average Bonchev–Trinajstić information content (AvgIpc) is 2.63. The molecule has 0 atom stereocenters. The Kier molecular flexibility index (Phi) is 7.29. The van der Waals surface area contributed by atoms with Gasteiger partial charge in [0, 0.05) is 45.5 Å². The van der Waals surface area contributed by atoms with E-state index in [0.717, 1.165) is 17.5 Å². The highest BCUT2D eigenvalue weighted by molar-refractivity contribution is 7.88. The number of nitrogens with zero attached hydrogens (tertiary/aromatic N) is 3. The Morgan fingerprint density at radius 1 is 1.00 bits per heavy atom. The molecule has 1 heterocycles. The molecule has 26 heavy (non-hydrogen) atoms. The van der Waals surface area contributed by atoms with E-state index in [-0.39, 0.29) is 25.4 Å². The molecule has 1 amide bonds. The van der Waals surface area contributed by atoms with Crippen LogP contribution in [0.4, 0.5) is 0 Å². The highest BCUT2D eigenvalue weighted by atomic mass is 32.2. The SMILES string of the molecule is CN(CCc1ccncc1)C(=O)CCN(Cc1ccccc1)S(C)(=O)=O. The summed E-state index contributed by atoms with van der Waals surface area (Å²) in [5.41, 5.74) is 2.01. The molecular weight excluding hydrogens is 350 g/mol. The molecule has 1 aromatic carbocycles. The zero-order chi connectivity index (χ0) is 19.0. The van der Waals surface area contributed by atoms with Gasteiger partial charge in [0.2, 0.25) is 15.9 Å². The Bertz CT molecular complexity index is 795. The van der Waals surface area contributed by atoms with Gasteiger partial charge < -0.3 is 4.90 Å². The number of hydrogen-bond donors (Lipinski definition) is 0. The highest BCUT2D eigenvalue weighted by Crippen LogP contribution is 2.10. The first kappa shape index (κ1) is 20.1. The van der Waals surface area contributed by atoms with Crippen molar-refractivity contribution in [3.05, 3.63) is 66.0 Å². The van der Waals surface area contributed by atoms with Crippen LogP contribution in [0.2, 0.25) is 0 Å². The number of carbonyl (C=O) groups is 1. The molecule has 2 aromatic rings. The lowest BCUT2D eigenvalue weighted by Gasteiger charge is -2.22. The van der Waals surface area contributed by atoms with Crippen LogP contribution in [0.3, 0.4) is 0 Å². The molecule has 0 unspecified atom stereocenters. The predicted molar refractivity (Wildman–Crippen MR) is 102 cm³/mol. The fourth-order valence-corrected chi connectivity index (χ4v) is 3.34. The predicted octanol–water partition coefficient (Wildman–Crippen LogP) is 1.93. The third kappa shape index (κ3) is 6.57. The lowest BCUT2D eigenvalue weighted by molar-refractivity contribution is -0.130. The molecule has 0 spiro atoms. The van der Waals surface area contributed by atoms with Crippen molar-refractivity contribution in [3.63, 3.8) is 0 Å². The maximum atomic E-state index is 12.3. The first-order valence-corrected chi connectivity index (χ1v) is 10.3. The van der Waals surface area contributed by atoms with Crippen molar-refractivity contribution in [2.24, 2.45) is 0 Å². The summed E-state index contributed by atoms with van der Waals surface area (Å²) in [6.07, 6.45) is 5.53. The van der Waals surface area contributed by atoms with E-state index >= 15 is 0 Å². The zero-order valence-electron chi connectivity index (χ0n) is 15.2. The van der Waals surface area contributed by atoms with E-state index in [1.165, 1.54) is 10.6 Å². The van der Waals surface area contributed by atoms with Gasteiger partial charge in [-0.25, -0.2) is 8.42 Å². The first-order chi connectivity index (χ1) is 12.4. The Hall–Kier alpha value is -2.25. The summed E-state index contributed by atoms with van der Waals surface area (Å²) in [4.78, 5) is 18.0. The second kappa shape index (κ2) is 9.45. The van der Waals surface area contributed by atoms with Crippen LogP contribution < -0.4 is 0 Å². The number of carbonyl (C=O) groups excluding carboxylic acids is 1. The molecule has 0 N–H and O–H groups in total. The van der Waals surface area contributed by atoms with Crippen LogP contribution in [0.5, 0.6) is 0 Å². The lowest BCUT2D eigenvalue weighted by Crippen LogP contribution is -2.35. The molecule has 0 radical (unpaired) electrons. The van der Waals surface area contributed by atoms with Gasteiger partial charge in [-0.1, -0.05) is 30.3 Å². The van der Waals surface area contributed by atoms with Crippen LogP contribution in [0.15, 0.2) is 54.9 Å².